The number of hydrazone groups is 1. The molecule has 1 saturated heterocycles. The van der Waals surface area contributed by atoms with E-state index in [9.17, 15) is 14.7 Å². The summed E-state index contributed by atoms with van der Waals surface area (Å²) in [5.41, 5.74) is 3.52. The van der Waals surface area contributed by atoms with Crippen molar-refractivity contribution >= 4 is 17.5 Å². The largest absolute Gasteiger partial charge is 0.507 e. The van der Waals surface area contributed by atoms with E-state index in [1.807, 2.05) is 0 Å². The molecule has 3 rings (SSSR count). The second-order valence-corrected chi connectivity index (χ2v) is 5.95. The van der Waals surface area contributed by atoms with Crippen molar-refractivity contribution in [3.05, 3.63) is 54.0 Å². The van der Waals surface area contributed by atoms with Gasteiger partial charge in [0.15, 0.2) is 0 Å². The highest BCUT2D eigenvalue weighted by atomic mass is 16.3. The normalized spacial score (nSPS) is 17.8. The molecule has 2 heterocycles. The van der Waals surface area contributed by atoms with Gasteiger partial charge in [-0.1, -0.05) is 12.1 Å². The molecule has 1 aliphatic rings. The molecule has 2 aromatic rings. The van der Waals surface area contributed by atoms with Crippen LogP contribution in [0.15, 0.2) is 52.2 Å². The van der Waals surface area contributed by atoms with E-state index < -0.39 is 5.92 Å². The lowest BCUT2D eigenvalue weighted by molar-refractivity contribution is -0.129. The molecule has 7 heteroatoms. The van der Waals surface area contributed by atoms with E-state index in [-0.39, 0.29) is 24.0 Å². The van der Waals surface area contributed by atoms with Gasteiger partial charge in [0.25, 0.3) is 0 Å². The molecule has 130 valence electrons. The average Bonchev–Trinajstić information content (AvgIpc) is 3.23. The number of carbonyl (C=O) groups is 2. The molecule has 0 aliphatic carbocycles. The molecule has 2 N–H and O–H groups in total. The van der Waals surface area contributed by atoms with Crippen LogP contribution in [0.2, 0.25) is 0 Å². The number of nitrogens with zero attached hydrogens (tertiary/aromatic N) is 2. The Bertz CT molecular complexity index is 798. The summed E-state index contributed by atoms with van der Waals surface area (Å²) in [6.07, 6.45) is 1.70. The maximum atomic E-state index is 12.3. The van der Waals surface area contributed by atoms with Crippen molar-refractivity contribution in [3.63, 3.8) is 0 Å². The van der Waals surface area contributed by atoms with Gasteiger partial charge >= 0.3 is 0 Å². The monoisotopic (exact) mass is 341 g/mol. The molecule has 1 aromatic carbocycles. The van der Waals surface area contributed by atoms with Crippen LogP contribution in [-0.2, 0) is 16.1 Å². The first-order valence-electron chi connectivity index (χ1n) is 7.97. The van der Waals surface area contributed by atoms with Gasteiger partial charge in [-0.2, -0.15) is 5.10 Å². The number of likely N-dealkylation sites (tertiary alicyclic amines) is 1. The van der Waals surface area contributed by atoms with Crippen LogP contribution in [-0.4, -0.2) is 34.1 Å². The van der Waals surface area contributed by atoms with Crippen molar-refractivity contribution in [3.8, 4) is 5.75 Å². The third-order valence-corrected chi connectivity index (χ3v) is 4.14. The number of aromatic hydroxyl groups is 1. The van der Waals surface area contributed by atoms with E-state index in [0.29, 0.717) is 30.1 Å². The van der Waals surface area contributed by atoms with Gasteiger partial charge in [-0.05, 0) is 31.2 Å². The molecule has 1 fully saturated rings. The van der Waals surface area contributed by atoms with Crippen molar-refractivity contribution in [1.82, 2.24) is 10.3 Å². The number of amides is 2. The van der Waals surface area contributed by atoms with Gasteiger partial charge in [-0.25, -0.2) is 5.43 Å². The average molecular weight is 341 g/mol. The fourth-order valence-electron chi connectivity index (χ4n) is 2.76. The van der Waals surface area contributed by atoms with E-state index in [0.717, 1.165) is 0 Å². The predicted octanol–water partition coefficient (Wildman–Crippen LogP) is 1.87. The number of carbonyl (C=O) groups excluding carboxylic acids is 2. The van der Waals surface area contributed by atoms with E-state index in [1.165, 1.54) is 0 Å². The molecule has 7 nitrogen and oxygen atoms in total. The lowest BCUT2D eigenvalue weighted by Crippen LogP contribution is -2.30. The summed E-state index contributed by atoms with van der Waals surface area (Å²) in [5.74, 6) is -0.0760. The summed E-state index contributed by atoms with van der Waals surface area (Å²) in [7, 11) is 0. The zero-order chi connectivity index (χ0) is 17.8. The first-order valence-corrected chi connectivity index (χ1v) is 7.97. The van der Waals surface area contributed by atoms with Crippen LogP contribution < -0.4 is 5.43 Å². The van der Waals surface area contributed by atoms with Crippen LogP contribution in [0.1, 0.15) is 24.7 Å². The highest BCUT2D eigenvalue weighted by molar-refractivity contribution is 6.01. The third-order valence-electron chi connectivity index (χ3n) is 4.14. The number of furan rings is 1. The Balaban J connectivity index is 1.59. The molecular formula is C18H19N3O4. The molecule has 2 amide bonds. The summed E-state index contributed by atoms with van der Waals surface area (Å²) >= 11 is 0. The molecule has 25 heavy (non-hydrogen) atoms. The number of benzene rings is 1. The highest BCUT2D eigenvalue weighted by Crippen LogP contribution is 2.21. The van der Waals surface area contributed by atoms with Crippen LogP contribution in [0.4, 0.5) is 0 Å². The molecule has 1 aliphatic heterocycles. The summed E-state index contributed by atoms with van der Waals surface area (Å²) in [6, 6.07) is 10.3. The van der Waals surface area contributed by atoms with Crippen molar-refractivity contribution < 1.29 is 19.1 Å². The van der Waals surface area contributed by atoms with Crippen molar-refractivity contribution in [1.29, 1.82) is 0 Å². The van der Waals surface area contributed by atoms with E-state index in [1.54, 1.807) is 54.5 Å². The number of hydrogen-bond acceptors (Lipinski definition) is 5. The van der Waals surface area contributed by atoms with Gasteiger partial charge in [0.1, 0.15) is 11.5 Å². The van der Waals surface area contributed by atoms with Gasteiger partial charge in [0.05, 0.1) is 24.4 Å². The van der Waals surface area contributed by atoms with Crippen LogP contribution in [0.25, 0.3) is 0 Å². The minimum Gasteiger partial charge on any atom is -0.507 e. The molecular weight excluding hydrogens is 322 g/mol. The zero-order valence-electron chi connectivity index (χ0n) is 13.8. The van der Waals surface area contributed by atoms with Crippen molar-refractivity contribution in [2.24, 2.45) is 11.0 Å². The lowest BCUT2D eigenvalue weighted by Gasteiger charge is -2.14. The Kier molecular flexibility index (Phi) is 4.83. The van der Waals surface area contributed by atoms with Crippen molar-refractivity contribution in [2.45, 2.75) is 19.9 Å². The molecule has 1 unspecified atom stereocenters. The van der Waals surface area contributed by atoms with Crippen LogP contribution in [0.5, 0.6) is 5.75 Å². The standard InChI is InChI=1S/C18H19N3O4/c1-12(15-6-2-3-7-16(15)22)19-20-18(24)13-9-17(23)21(10-13)11-14-5-4-8-25-14/h2-8,13,22H,9-11H2,1H3,(H,20,24)/b19-12+. The second-order valence-electron chi connectivity index (χ2n) is 5.95. The van der Waals surface area contributed by atoms with Gasteiger partial charge in [0, 0.05) is 18.5 Å². The second kappa shape index (κ2) is 7.21. The predicted molar refractivity (Wildman–Crippen MR) is 90.7 cm³/mol. The van der Waals surface area contributed by atoms with E-state index in [2.05, 4.69) is 10.5 Å². The minimum absolute atomic E-state index is 0.0852. The van der Waals surface area contributed by atoms with Gasteiger partial charge in [-0.3, -0.25) is 9.59 Å². The van der Waals surface area contributed by atoms with Gasteiger partial charge in [-0.15, -0.1) is 0 Å². The van der Waals surface area contributed by atoms with Crippen LogP contribution in [0, 0.1) is 5.92 Å². The zero-order valence-corrected chi connectivity index (χ0v) is 13.8. The van der Waals surface area contributed by atoms with Gasteiger partial charge in [0.2, 0.25) is 11.8 Å². The van der Waals surface area contributed by atoms with E-state index in [4.69, 9.17) is 4.42 Å². The Morgan fingerprint density at radius 2 is 2.16 bits per heavy atom. The lowest BCUT2D eigenvalue weighted by atomic mass is 10.1. The Morgan fingerprint density at radius 3 is 2.88 bits per heavy atom. The molecule has 0 saturated carbocycles. The summed E-state index contributed by atoms with van der Waals surface area (Å²) in [4.78, 5) is 25.9. The maximum absolute atomic E-state index is 12.3. The smallest absolute Gasteiger partial charge is 0.245 e. The summed E-state index contributed by atoms with van der Waals surface area (Å²) in [6.45, 7) is 2.38. The number of hydrogen-bond donors (Lipinski definition) is 2. The van der Waals surface area contributed by atoms with Crippen molar-refractivity contribution in [2.75, 3.05) is 6.54 Å². The number of phenols is 1. The number of para-hydroxylation sites is 1. The number of rotatable bonds is 5. The maximum Gasteiger partial charge on any atom is 0.245 e. The number of phenolic OH excluding ortho intramolecular Hbond substituents is 1. The summed E-state index contributed by atoms with van der Waals surface area (Å²) < 4.78 is 5.24. The fraction of sp³-hybridized carbons (Fsp3) is 0.278. The first-order chi connectivity index (χ1) is 12.0. The fourth-order valence-corrected chi connectivity index (χ4v) is 2.76. The highest BCUT2D eigenvalue weighted by Gasteiger charge is 2.34. The third kappa shape index (κ3) is 3.88. The molecule has 1 atom stereocenters. The number of nitrogens with one attached hydrogen (secondary N) is 1. The van der Waals surface area contributed by atoms with E-state index >= 15 is 0 Å². The van der Waals surface area contributed by atoms with Crippen LogP contribution in [0.3, 0.4) is 0 Å². The molecule has 0 radical (unpaired) electrons. The molecule has 0 bridgehead atoms. The SMILES string of the molecule is C/C(=N\NC(=O)C1CC(=O)N(Cc2ccco2)C1)c1ccccc1O. The van der Waals surface area contributed by atoms with Crippen LogP contribution >= 0.6 is 0 Å². The van der Waals surface area contributed by atoms with Gasteiger partial charge < -0.3 is 14.4 Å². The quantitative estimate of drug-likeness (QED) is 0.641. The first kappa shape index (κ1) is 16.8. The topological polar surface area (TPSA) is 95.1 Å². The minimum atomic E-state index is -0.455. The summed E-state index contributed by atoms with van der Waals surface area (Å²) in [5, 5.41) is 13.8. The Hall–Kier alpha value is -3.09. The Morgan fingerprint density at radius 1 is 1.36 bits per heavy atom. The molecule has 1 aromatic heterocycles. The Labute approximate surface area is 144 Å². The molecule has 0 spiro atoms.